The zero-order chi connectivity index (χ0) is 16.8. The molecule has 0 aliphatic carbocycles. The molecule has 0 fully saturated rings. The van der Waals surface area contributed by atoms with Crippen molar-refractivity contribution in [3.05, 3.63) is 62.5 Å². The van der Waals surface area contributed by atoms with E-state index in [1.165, 1.54) is 6.21 Å². The van der Waals surface area contributed by atoms with Gasteiger partial charge in [0.05, 0.1) is 16.3 Å². The number of amides is 2. The highest BCUT2D eigenvalue weighted by Gasteiger charge is 2.12. The third-order valence-corrected chi connectivity index (χ3v) is 3.90. The van der Waals surface area contributed by atoms with Crippen LogP contribution in [0.1, 0.15) is 5.56 Å². The van der Waals surface area contributed by atoms with Crippen LogP contribution in [0, 0.1) is 0 Å². The standard InChI is InChI=1S/C15H10BrCl2N3O2/c16-10-2-4-11(5-3-10)20-14(22)15(23)21-19-8-9-1-6-12(17)13(18)7-9/h1-8H,(H,20,22)(H,21,23)/b19-8+. The first-order valence-electron chi connectivity index (χ1n) is 6.31. The molecule has 0 aliphatic rings. The molecule has 2 N–H and O–H groups in total. The van der Waals surface area contributed by atoms with Crippen LogP contribution in [-0.2, 0) is 9.59 Å². The molecule has 23 heavy (non-hydrogen) atoms. The van der Waals surface area contributed by atoms with Crippen LogP contribution in [0.5, 0.6) is 0 Å². The van der Waals surface area contributed by atoms with Gasteiger partial charge in [-0.25, -0.2) is 5.43 Å². The zero-order valence-corrected chi connectivity index (χ0v) is 14.6. The summed E-state index contributed by atoms with van der Waals surface area (Å²) in [6, 6.07) is 11.7. The number of hydrogen-bond acceptors (Lipinski definition) is 3. The van der Waals surface area contributed by atoms with E-state index in [-0.39, 0.29) is 0 Å². The molecule has 2 aromatic rings. The Balaban J connectivity index is 1.90. The van der Waals surface area contributed by atoms with Gasteiger partial charge in [0.1, 0.15) is 0 Å². The predicted molar refractivity (Wildman–Crippen MR) is 95.0 cm³/mol. The van der Waals surface area contributed by atoms with Crippen molar-refractivity contribution < 1.29 is 9.59 Å². The largest absolute Gasteiger partial charge is 0.329 e. The number of benzene rings is 2. The second-order valence-corrected chi connectivity index (χ2v) is 6.06. The van der Waals surface area contributed by atoms with Gasteiger partial charge in [-0.3, -0.25) is 9.59 Å². The third-order valence-electron chi connectivity index (χ3n) is 2.63. The van der Waals surface area contributed by atoms with Crippen molar-refractivity contribution in [1.29, 1.82) is 0 Å². The summed E-state index contributed by atoms with van der Waals surface area (Å²) in [6.45, 7) is 0. The summed E-state index contributed by atoms with van der Waals surface area (Å²) in [5.74, 6) is -1.71. The van der Waals surface area contributed by atoms with E-state index < -0.39 is 11.8 Å². The van der Waals surface area contributed by atoms with Gasteiger partial charge in [0, 0.05) is 10.2 Å². The molecule has 0 saturated carbocycles. The fourth-order valence-electron chi connectivity index (χ4n) is 1.53. The van der Waals surface area contributed by atoms with Gasteiger partial charge in [0.15, 0.2) is 0 Å². The number of halogens is 3. The molecule has 0 radical (unpaired) electrons. The van der Waals surface area contributed by atoms with Crippen molar-refractivity contribution in [2.75, 3.05) is 5.32 Å². The van der Waals surface area contributed by atoms with Crippen LogP contribution in [0.4, 0.5) is 5.69 Å². The number of hydrogen-bond donors (Lipinski definition) is 2. The molecule has 8 heteroatoms. The quantitative estimate of drug-likeness (QED) is 0.455. The lowest BCUT2D eigenvalue weighted by molar-refractivity contribution is -0.136. The van der Waals surface area contributed by atoms with Gasteiger partial charge in [-0.1, -0.05) is 45.2 Å². The highest BCUT2D eigenvalue weighted by molar-refractivity contribution is 9.10. The Morgan fingerprint density at radius 2 is 1.70 bits per heavy atom. The Labute approximate surface area is 150 Å². The first-order valence-corrected chi connectivity index (χ1v) is 7.85. The molecular formula is C15H10BrCl2N3O2. The molecule has 0 saturated heterocycles. The Hall–Kier alpha value is -1.89. The summed E-state index contributed by atoms with van der Waals surface area (Å²) >= 11 is 14.9. The van der Waals surface area contributed by atoms with Gasteiger partial charge in [-0.05, 0) is 42.0 Å². The molecule has 0 aromatic heterocycles. The Morgan fingerprint density at radius 1 is 1.00 bits per heavy atom. The first-order chi connectivity index (χ1) is 11.0. The molecule has 0 aliphatic heterocycles. The topological polar surface area (TPSA) is 70.6 Å². The second-order valence-electron chi connectivity index (χ2n) is 4.33. The van der Waals surface area contributed by atoms with E-state index >= 15 is 0 Å². The Bertz CT molecular complexity index is 764. The van der Waals surface area contributed by atoms with Crippen LogP contribution >= 0.6 is 39.1 Å². The smallest absolute Gasteiger partial charge is 0.318 e. The molecule has 0 heterocycles. The van der Waals surface area contributed by atoms with Gasteiger partial charge in [-0.15, -0.1) is 0 Å². The fraction of sp³-hybridized carbons (Fsp3) is 0. The van der Waals surface area contributed by atoms with E-state index in [1.54, 1.807) is 42.5 Å². The average Bonchev–Trinajstić information content (AvgIpc) is 2.53. The van der Waals surface area contributed by atoms with Crippen molar-refractivity contribution in [3.8, 4) is 0 Å². The Morgan fingerprint density at radius 3 is 2.35 bits per heavy atom. The van der Waals surface area contributed by atoms with E-state index in [1.807, 2.05) is 0 Å². The summed E-state index contributed by atoms with van der Waals surface area (Å²) in [7, 11) is 0. The number of nitrogens with zero attached hydrogens (tertiary/aromatic N) is 1. The summed E-state index contributed by atoms with van der Waals surface area (Å²) < 4.78 is 0.867. The van der Waals surface area contributed by atoms with Crippen molar-refractivity contribution >= 4 is 62.8 Å². The second kappa shape index (κ2) is 8.10. The maximum atomic E-state index is 11.7. The number of rotatable bonds is 3. The molecule has 0 spiro atoms. The first kappa shape index (κ1) is 17.5. The maximum absolute atomic E-state index is 11.7. The normalized spacial score (nSPS) is 10.6. The van der Waals surface area contributed by atoms with Crippen LogP contribution in [-0.4, -0.2) is 18.0 Å². The number of anilines is 1. The van der Waals surface area contributed by atoms with Crippen molar-refractivity contribution in [3.63, 3.8) is 0 Å². The van der Waals surface area contributed by atoms with Crippen molar-refractivity contribution in [1.82, 2.24) is 5.43 Å². The minimum Gasteiger partial charge on any atom is -0.318 e. The highest BCUT2D eigenvalue weighted by Crippen LogP contribution is 2.21. The molecule has 2 rings (SSSR count). The van der Waals surface area contributed by atoms with E-state index in [9.17, 15) is 9.59 Å². The lowest BCUT2D eigenvalue weighted by Crippen LogP contribution is -2.32. The minimum absolute atomic E-state index is 0.370. The number of hydrazone groups is 1. The van der Waals surface area contributed by atoms with Crippen molar-refractivity contribution in [2.24, 2.45) is 5.10 Å². The maximum Gasteiger partial charge on any atom is 0.329 e. The fourth-order valence-corrected chi connectivity index (χ4v) is 2.10. The molecule has 0 bridgehead atoms. The average molecular weight is 415 g/mol. The van der Waals surface area contributed by atoms with E-state index in [0.717, 1.165) is 4.47 Å². The SMILES string of the molecule is O=C(N/N=C/c1ccc(Cl)c(Cl)c1)C(=O)Nc1ccc(Br)cc1. The minimum atomic E-state index is -0.885. The van der Waals surface area contributed by atoms with Crippen LogP contribution in [0.25, 0.3) is 0 Å². The monoisotopic (exact) mass is 413 g/mol. The zero-order valence-electron chi connectivity index (χ0n) is 11.5. The van der Waals surface area contributed by atoms with Crippen LogP contribution in [0.3, 0.4) is 0 Å². The van der Waals surface area contributed by atoms with Crippen LogP contribution in [0.2, 0.25) is 10.0 Å². The highest BCUT2D eigenvalue weighted by atomic mass is 79.9. The van der Waals surface area contributed by atoms with E-state index in [4.69, 9.17) is 23.2 Å². The van der Waals surface area contributed by atoms with Gasteiger partial charge in [-0.2, -0.15) is 5.10 Å². The van der Waals surface area contributed by atoms with Gasteiger partial charge in [0.2, 0.25) is 0 Å². The summed E-state index contributed by atoms with van der Waals surface area (Å²) in [5, 5.41) is 6.93. The molecule has 118 valence electrons. The van der Waals surface area contributed by atoms with Crippen LogP contribution < -0.4 is 10.7 Å². The molecule has 5 nitrogen and oxygen atoms in total. The molecule has 2 amide bonds. The van der Waals surface area contributed by atoms with E-state index in [2.05, 4.69) is 31.8 Å². The number of carbonyl (C=O) groups excluding carboxylic acids is 2. The Kier molecular flexibility index (Phi) is 6.15. The lowest BCUT2D eigenvalue weighted by atomic mass is 10.2. The lowest BCUT2D eigenvalue weighted by Gasteiger charge is -2.03. The summed E-state index contributed by atoms with van der Waals surface area (Å²) in [5.41, 5.74) is 3.26. The third kappa shape index (κ3) is 5.35. The van der Waals surface area contributed by atoms with Gasteiger partial charge < -0.3 is 5.32 Å². The number of nitrogens with one attached hydrogen (secondary N) is 2. The molecule has 0 unspecified atom stereocenters. The van der Waals surface area contributed by atoms with Crippen molar-refractivity contribution in [2.45, 2.75) is 0 Å². The predicted octanol–water partition coefficient (Wildman–Crippen LogP) is 3.84. The summed E-state index contributed by atoms with van der Waals surface area (Å²) in [6.07, 6.45) is 1.35. The van der Waals surface area contributed by atoms with E-state index in [0.29, 0.717) is 21.3 Å². The molecule has 2 aromatic carbocycles. The van der Waals surface area contributed by atoms with Gasteiger partial charge in [0.25, 0.3) is 0 Å². The van der Waals surface area contributed by atoms with Crippen LogP contribution in [0.15, 0.2) is 52.0 Å². The molecule has 0 atom stereocenters. The summed E-state index contributed by atoms with van der Waals surface area (Å²) in [4.78, 5) is 23.3. The molecular weight excluding hydrogens is 405 g/mol. The number of carbonyl (C=O) groups is 2. The van der Waals surface area contributed by atoms with Gasteiger partial charge >= 0.3 is 11.8 Å².